The van der Waals surface area contributed by atoms with E-state index in [0.717, 1.165) is 0 Å². The second-order valence-corrected chi connectivity index (χ2v) is 1.33. The summed E-state index contributed by atoms with van der Waals surface area (Å²) in [4.78, 5) is 0. The van der Waals surface area contributed by atoms with Crippen LogP contribution in [0, 0.1) is 0 Å². The van der Waals surface area contributed by atoms with Crippen LogP contribution in [0.3, 0.4) is 0 Å². The third-order valence-electron chi connectivity index (χ3n) is 0.319. The molecule has 0 aliphatic carbocycles. The van der Waals surface area contributed by atoms with Crippen molar-refractivity contribution in [2.24, 2.45) is 0 Å². The molecule has 0 aliphatic heterocycles. The molecule has 0 fully saturated rings. The highest BCUT2D eigenvalue weighted by molar-refractivity contribution is 7.21. The molecular weight excluding hydrogens is 97.0 g/mol. The van der Waals surface area contributed by atoms with Gasteiger partial charge in [-0.25, -0.2) is 0 Å². The normalized spacial score (nSPS) is 8.67. The molecule has 6 heavy (non-hydrogen) atoms. The highest BCUT2D eigenvalue weighted by Crippen LogP contribution is 1.75. The van der Waals surface area contributed by atoms with Gasteiger partial charge in [-0.05, 0) is 0 Å². The molecule has 0 amide bonds. The first kappa shape index (κ1) is 5.80. The van der Waals surface area contributed by atoms with Crippen molar-refractivity contribution >= 4 is 8.61 Å². The molecular formula is C3H7NOP+. The Hall–Kier alpha value is -0.200. The second kappa shape index (κ2) is 4.80. The van der Waals surface area contributed by atoms with Gasteiger partial charge in [-0.2, -0.15) is 0 Å². The molecule has 0 spiro atoms. The first-order chi connectivity index (χ1) is 2.91. The first-order valence-electron chi connectivity index (χ1n) is 1.62. The molecule has 0 radical (unpaired) electrons. The van der Waals surface area contributed by atoms with Crippen molar-refractivity contribution < 1.29 is 4.57 Å². The van der Waals surface area contributed by atoms with Crippen LogP contribution in [0.25, 0.3) is 0 Å². The molecule has 0 heterocycles. The lowest BCUT2D eigenvalue weighted by atomic mass is 10.7. The van der Waals surface area contributed by atoms with E-state index in [9.17, 15) is 4.57 Å². The summed E-state index contributed by atoms with van der Waals surface area (Å²) in [5.41, 5.74) is 0. The van der Waals surface area contributed by atoms with Gasteiger partial charge in [0, 0.05) is 0 Å². The Balaban J connectivity index is 2.66. The largest absolute Gasteiger partial charge is 0.418 e. The smallest absolute Gasteiger partial charge is 0.107 e. The van der Waals surface area contributed by atoms with Crippen LogP contribution in [0.5, 0.6) is 0 Å². The Bertz CT molecular complexity index is 46.8. The van der Waals surface area contributed by atoms with Crippen LogP contribution in [0.1, 0.15) is 0 Å². The fraction of sp³-hybridized carbons (Fsp3) is 0.333. The van der Waals surface area contributed by atoms with Gasteiger partial charge < -0.3 is 0 Å². The third-order valence-corrected chi connectivity index (χ3v) is 0.667. The van der Waals surface area contributed by atoms with Crippen molar-refractivity contribution in [3.63, 3.8) is 0 Å². The summed E-state index contributed by atoms with van der Waals surface area (Å²) in [5.74, 6) is 0. The van der Waals surface area contributed by atoms with Crippen molar-refractivity contribution in [2.45, 2.75) is 0 Å². The van der Waals surface area contributed by atoms with E-state index in [-0.39, 0.29) is 0 Å². The molecule has 0 aromatic heterocycles. The van der Waals surface area contributed by atoms with Crippen molar-refractivity contribution in [3.05, 3.63) is 12.7 Å². The molecule has 0 bridgehead atoms. The van der Waals surface area contributed by atoms with E-state index in [2.05, 4.69) is 11.7 Å². The van der Waals surface area contributed by atoms with E-state index >= 15 is 0 Å². The second-order valence-electron chi connectivity index (χ2n) is 0.772. The van der Waals surface area contributed by atoms with Gasteiger partial charge in [0.1, 0.15) is 0 Å². The molecule has 0 aliphatic rings. The van der Waals surface area contributed by atoms with Gasteiger partial charge in [-0.3, -0.25) is 0 Å². The van der Waals surface area contributed by atoms with Crippen LogP contribution in [0.2, 0.25) is 0 Å². The van der Waals surface area contributed by atoms with Crippen molar-refractivity contribution in [1.82, 2.24) is 5.09 Å². The Morgan fingerprint density at radius 2 is 2.67 bits per heavy atom. The average molecular weight is 104 g/mol. The summed E-state index contributed by atoms with van der Waals surface area (Å²) in [5, 5.41) is 2.55. The van der Waals surface area contributed by atoms with E-state index in [4.69, 9.17) is 0 Å². The monoisotopic (exact) mass is 104 g/mol. The van der Waals surface area contributed by atoms with Gasteiger partial charge in [0.05, 0.1) is 6.54 Å². The minimum absolute atomic E-state index is 0.407. The van der Waals surface area contributed by atoms with Crippen LogP contribution < -0.4 is 5.09 Å². The van der Waals surface area contributed by atoms with Gasteiger partial charge in [0.2, 0.25) is 0 Å². The summed E-state index contributed by atoms with van der Waals surface area (Å²) < 4.78 is 9.56. The predicted octanol–water partition coefficient (Wildman–Crippen LogP) is 0.701. The number of hydrogen-bond acceptors (Lipinski definition) is 1. The molecule has 0 aromatic rings. The lowest BCUT2D eigenvalue weighted by Gasteiger charge is -1.69. The zero-order valence-corrected chi connectivity index (χ0v) is 4.40. The standard InChI is InChI=1S/C3H6NOP/c1-2-3-4-6-5/h2H,1,3H2,(H,4,5)/p+1. The quantitative estimate of drug-likeness (QED) is 0.324. The Kier molecular flexibility index (Phi) is 4.64. The maximum Gasteiger partial charge on any atom is 0.418 e. The Morgan fingerprint density at radius 3 is 2.83 bits per heavy atom. The zero-order chi connectivity index (χ0) is 4.83. The summed E-state index contributed by atoms with van der Waals surface area (Å²) in [6, 6.07) is 0. The van der Waals surface area contributed by atoms with E-state index < -0.39 is 8.61 Å². The van der Waals surface area contributed by atoms with E-state index in [0.29, 0.717) is 6.54 Å². The molecule has 1 atom stereocenters. The molecule has 1 N–H and O–H groups in total. The van der Waals surface area contributed by atoms with Crippen molar-refractivity contribution in [3.8, 4) is 0 Å². The molecule has 0 saturated carbocycles. The topological polar surface area (TPSA) is 29.1 Å². The molecule has 34 valence electrons. The summed E-state index contributed by atoms with van der Waals surface area (Å²) in [6.45, 7) is 4.03. The van der Waals surface area contributed by atoms with Crippen LogP contribution in [-0.4, -0.2) is 6.54 Å². The van der Waals surface area contributed by atoms with Crippen LogP contribution in [0.15, 0.2) is 12.7 Å². The van der Waals surface area contributed by atoms with Crippen LogP contribution in [-0.2, 0) is 4.57 Å². The van der Waals surface area contributed by atoms with Crippen LogP contribution >= 0.6 is 8.61 Å². The van der Waals surface area contributed by atoms with Crippen molar-refractivity contribution in [2.75, 3.05) is 6.54 Å². The van der Waals surface area contributed by atoms with E-state index in [1.165, 1.54) is 0 Å². The SMILES string of the molecule is C=CCN[PH+]=O. The first-order valence-corrected chi connectivity index (χ1v) is 2.53. The maximum absolute atomic E-state index is 9.56. The minimum Gasteiger partial charge on any atom is -0.107 e. The maximum atomic E-state index is 9.56. The summed E-state index contributed by atoms with van der Waals surface area (Å²) in [7, 11) is -0.407. The highest BCUT2D eigenvalue weighted by Gasteiger charge is 1.77. The Labute approximate surface area is 38.5 Å². The summed E-state index contributed by atoms with van der Waals surface area (Å²) in [6.07, 6.45) is 1.66. The Morgan fingerprint density at radius 1 is 2.00 bits per heavy atom. The number of hydrogen-bond donors (Lipinski definition) is 1. The molecule has 2 nitrogen and oxygen atoms in total. The lowest BCUT2D eigenvalue weighted by molar-refractivity contribution is 0.593. The molecule has 0 rings (SSSR count). The molecule has 0 saturated heterocycles. The molecule has 1 unspecified atom stereocenters. The van der Waals surface area contributed by atoms with Crippen molar-refractivity contribution in [1.29, 1.82) is 0 Å². The van der Waals surface area contributed by atoms with Gasteiger partial charge in [-0.15, -0.1) is 11.7 Å². The minimum atomic E-state index is -0.407. The number of rotatable bonds is 3. The fourth-order valence-electron chi connectivity index (χ4n) is 0.114. The summed E-state index contributed by atoms with van der Waals surface area (Å²) >= 11 is 0. The van der Waals surface area contributed by atoms with E-state index in [1.54, 1.807) is 6.08 Å². The predicted molar refractivity (Wildman–Crippen MR) is 27.2 cm³/mol. The lowest BCUT2D eigenvalue weighted by Crippen LogP contribution is -1.94. The highest BCUT2D eigenvalue weighted by atomic mass is 31.1. The zero-order valence-electron chi connectivity index (χ0n) is 3.40. The number of nitrogens with one attached hydrogen (secondary N) is 1. The molecule has 3 heteroatoms. The fourth-order valence-corrected chi connectivity index (χ4v) is 0.342. The molecule has 0 aromatic carbocycles. The van der Waals surface area contributed by atoms with Gasteiger partial charge in [0.15, 0.2) is 0 Å². The van der Waals surface area contributed by atoms with Gasteiger partial charge >= 0.3 is 8.61 Å². The van der Waals surface area contributed by atoms with Gasteiger partial charge in [0.25, 0.3) is 0 Å². The van der Waals surface area contributed by atoms with E-state index in [1.807, 2.05) is 0 Å². The average Bonchev–Trinajstić information content (AvgIpc) is 1.61. The van der Waals surface area contributed by atoms with Gasteiger partial charge in [-0.1, -0.05) is 10.6 Å². The third kappa shape index (κ3) is 3.80. The van der Waals surface area contributed by atoms with Crippen LogP contribution in [0.4, 0.5) is 0 Å².